The lowest BCUT2D eigenvalue weighted by Gasteiger charge is -2.23. The van der Waals surface area contributed by atoms with E-state index >= 15 is 0 Å². The number of nitrogens with zero attached hydrogens (tertiary/aromatic N) is 1. The van der Waals surface area contributed by atoms with Gasteiger partial charge in [-0.25, -0.2) is 0 Å². The normalized spacial score (nSPS) is 17.3. The fourth-order valence-electron chi connectivity index (χ4n) is 3.07. The molecule has 1 atom stereocenters. The number of aryl methyl sites for hydroxylation is 1. The molecule has 5 N–H and O–H groups in total. The SMILES string of the molecule is Cc1ccc(CCN)c(CNC(=O)C2CCCN2C(=O)CN)c1. The van der Waals surface area contributed by atoms with Crippen molar-refractivity contribution in [2.24, 2.45) is 11.5 Å². The number of amides is 2. The molecule has 2 amide bonds. The first-order chi connectivity index (χ1) is 11.1. The first kappa shape index (κ1) is 17.4. The van der Waals surface area contributed by atoms with E-state index < -0.39 is 6.04 Å². The van der Waals surface area contributed by atoms with E-state index in [1.165, 1.54) is 0 Å². The highest BCUT2D eigenvalue weighted by atomic mass is 16.2. The molecule has 0 radical (unpaired) electrons. The number of hydrogen-bond donors (Lipinski definition) is 3. The minimum atomic E-state index is -0.395. The number of hydrogen-bond acceptors (Lipinski definition) is 4. The summed E-state index contributed by atoms with van der Waals surface area (Å²) in [6.07, 6.45) is 2.32. The first-order valence-electron chi connectivity index (χ1n) is 8.12. The molecule has 1 aliphatic rings. The lowest BCUT2D eigenvalue weighted by molar-refractivity contribution is -0.137. The van der Waals surface area contributed by atoms with E-state index in [9.17, 15) is 9.59 Å². The lowest BCUT2D eigenvalue weighted by atomic mass is 10.0. The van der Waals surface area contributed by atoms with E-state index in [-0.39, 0.29) is 18.4 Å². The Bertz CT molecular complexity index is 574. The van der Waals surface area contributed by atoms with Crippen LogP contribution < -0.4 is 16.8 Å². The van der Waals surface area contributed by atoms with Crippen LogP contribution >= 0.6 is 0 Å². The van der Waals surface area contributed by atoms with Crippen LogP contribution in [0.2, 0.25) is 0 Å². The van der Waals surface area contributed by atoms with Crippen LogP contribution in [0.15, 0.2) is 18.2 Å². The van der Waals surface area contributed by atoms with Crippen LogP contribution in [0.4, 0.5) is 0 Å². The molecule has 0 saturated carbocycles. The number of benzene rings is 1. The summed E-state index contributed by atoms with van der Waals surface area (Å²) in [6.45, 7) is 3.61. The zero-order valence-corrected chi connectivity index (χ0v) is 13.7. The minimum Gasteiger partial charge on any atom is -0.350 e. The van der Waals surface area contributed by atoms with Crippen LogP contribution in [0.3, 0.4) is 0 Å². The van der Waals surface area contributed by atoms with Gasteiger partial charge in [-0.2, -0.15) is 0 Å². The predicted molar refractivity (Wildman–Crippen MR) is 89.6 cm³/mol. The smallest absolute Gasteiger partial charge is 0.243 e. The molecule has 6 nitrogen and oxygen atoms in total. The summed E-state index contributed by atoms with van der Waals surface area (Å²) in [5.74, 6) is -0.272. The second-order valence-electron chi connectivity index (χ2n) is 5.98. The highest BCUT2D eigenvalue weighted by molar-refractivity contribution is 5.88. The minimum absolute atomic E-state index is 0.0533. The van der Waals surface area contributed by atoms with Gasteiger partial charge in [-0.3, -0.25) is 9.59 Å². The Balaban J connectivity index is 2.01. The van der Waals surface area contributed by atoms with Crippen molar-refractivity contribution >= 4 is 11.8 Å². The van der Waals surface area contributed by atoms with Gasteiger partial charge in [0.05, 0.1) is 6.54 Å². The molecule has 23 heavy (non-hydrogen) atoms. The molecule has 1 fully saturated rings. The number of carbonyl (C=O) groups excluding carboxylic acids is 2. The van der Waals surface area contributed by atoms with Gasteiger partial charge in [-0.1, -0.05) is 23.8 Å². The van der Waals surface area contributed by atoms with E-state index in [1.54, 1.807) is 4.90 Å². The molecule has 6 heteroatoms. The fourth-order valence-corrected chi connectivity index (χ4v) is 3.07. The van der Waals surface area contributed by atoms with E-state index in [4.69, 9.17) is 11.5 Å². The van der Waals surface area contributed by atoms with Crippen molar-refractivity contribution in [2.75, 3.05) is 19.6 Å². The summed E-state index contributed by atoms with van der Waals surface area (Å²) in [4.78, 5) is 25.8. The third-order valence-electron chi connectivity index (χ3n) is 4.28. The number of nitrogens with two attached hydrogens (primary N) is 2. The van der Waals surface area contributed by atoms with E-state index in [2.05, 4.69) is 23.5 Å². The maximum absolute atomic E-state index is 12.4. The first-order valence-corrected chi connectivity index (χ1v) is 8.12. The zero-order valence-electron chi connectivity index (χ0n) is 13.7. The third-order valence-corrected chi connectivity index (χ3v) is 4.28. The second kappa shape index (κ2) is 8.08. The molecule has 0 aliphatic carbocycles. The Morgan fingerprint density at radius 3 is 2.78 bits per heavy atom. The number of nitrogens with one attached hydrogen (secondary N) is 1. The average molecular weight is 318 g/mol. The molecular weight excluding hydrogens is 292 g/mol. The van der Waals surface area contributed by atoms with Crippen molar-refractivity contribution in [3.05, 3.63) is 34.9 Å². The topological polar surface area (TPSA) is 101 Å². The van der Waals surface area contributed by atoms with Crippen LogP contribution in [0.25, 0.3) is 0 Å². The maximum Gasteiger partial charge on any atom is 0.243 e. The van der Waals surface area contributed by atoms with Crippen LogP contribution in [0, 0.1) is 6.92 Å². The summed E-state index contributed by atoms with van der Waals surface area (Å²) in [5.41, 5.74) is 14.4. The van der Waals surface area contributed by atoms with Gasteiger partial charge in [0.15, 0.2) is 0 Å². The van der Waals surface area contributed by atoms with Gasteiger partial charge in [0.25, 0.3) is 0 Å². The van der Waals surface area contributed by atoms with Gasteiger partial charge in [0, 0.05) is 13.1 Å². The van der Waals surface area contributed by atoms with E-state index in [1.807, 2.05) is 6.92 Å². The molecule has 2 rings (SSSR count). The zero-order chi connectivity index (χ0) is 16.8. The Hall–Kier alpha value is -1.92. The van der Waals surface area contributed by atoms with Crippen LogP contribution in [0.5, 0.6) is 0 Å². The second-order valence-corrected chi connectivity index (χ2v) is 5.98. The highest BCUT2D eigenvalue weighted by Gasteiger charge is 2.33. The molecule has 0 bridgehead atoms. The summed E-state index contributed by atoms with van der Waals surface area (Å²) < 4.78 is 0. The van der Waals surface area contributed by atoms with Crippen LogP contribution in [-0.4, -0.2) is 42.4 Å². The molecular formula is C17H26N4O2. The van der Waals surface area contributed by atoms with Crippen molar-refractivity contribution in [2.45, 2.75) is 38.8 Å². The highest BCUT2D eigenvalue weighted by Crippen LogP contribution is 2.18. The molecule has 1 saturated heterocycles. The van der Waals surface area contributed by atoms with Crippen molar-refractivity contribution in [3.8, 4) is 0 Å². The molecule has 1 aromatic rings. The van der Waals surface area contributed by atoms with Gasteiger partial charge >= 0.3 is 0 Å². The molecule has 1 aliphatic heterocycles. The van der Waals surface area contributed by atoms with Crippen molar-refractivity contribution in [3.63, 3.8) is 0 Å². The largest absolute Gasteiger partial charge is 0.350 e. The van der Waals surface area contributed by atoms with Gasteiger partial charge < -0.3 is 21.7 Å². The molecule has 0 aromatic heterocycles. The van der Waals surface area contributed by atoms with Crippen LogP contribution in [-0.2, 0) is 22.6 Å². The van der Waals surface area contributed by atoms with Crippen LogP contribution in [0.1, 0.15) is 29.5 Å². The molecule has 126 valence electrons. The van der Waals surface area contributed by atoms with Gasteiger partial charge in [-0.05, 0) is 43.9 Å². The quantitative estimate of drug-likeness (QED) is 0.690. The fraction of sp³-hybridized carbons (Fsp3) is 0.529. The number of likely N-dealkylation sites (tertiary alicyclic amines) is 1. The molecule has 1 heterocycles. The summed E-state index contributed by atoms with van der Waals surface area (Å²) >= 11 is 0. The number of carbonyl (C=O) groups is 2. The van der Waals surface area contributed by atoms with Crippen molar-refractivity contribution < 1.29 is 9.59 Å². The Morgan fingerprint density at radius 1 is 1.30 bits per heavy atom. The third kappa shape index (κ3) is 4.30. The Kier molecular flexibility index (Phi) is 6.12. The van der Waals surface area contributed by atoms with Crippen molar-refractivity contribution in [1.82, 2.24) is 10.2 Å². The summed E-state index contributed by atoms with van der Waals surface area (Å²) in [7, 11) is 0. The van der Waals surface area contributed by atoms with Crippen molar-refractivity contribution in [1.29, 1.82) is 0 Å². The Labute approximate surface area is 137 Å². The average Bonchev–Trinajstić information content (AvgIpc) is 3.03. The standard InChI is InChI=1S/C17H26N4O2/c1-12-4-5-13(6-7-18)14(9-12)11-20-17(23)15-3-2-8-21(15)16(22)10-19/h4-5,9,15H,2-3,6-8,10-11,18-19H2,1H3,(H,20,23). The summed E-state index contributed by atoms with van der Waals surface area (Å²) in [6, 6.07) is 5.79. The molecule has 0 spiro atoms. The van der Waals surface area contributed by atoms with E-state index in [0.29, 0.717) is 26.1 Å². The summed E-state index contributed by atoms with van der Waals surface area (Å²) in [5, 5.41) is 2.96. The maximum atomic E-state index is 12.4. The van der Waals surface area contributed by atoms with E-state index in [0.717, 1.165) is 29.5 Å². The van der Waals surface area contributed by atoms with Gasteiger partial charge in [-0.15, -0.1) is 0 Å². The Morgan fingerprint density at radius 2 is 2.09 bits per heavy atom. The van der Waals surface area contributed by atoms with Gasteiger partial charge in [0.1, 0.15) is 6.04 Å². The van der Waals surface area contributed by atoms with Gasteiger partial charge in [0.2, 0.25) is 11.8 Å². The number of rotatable bonds is 6. The molecule has 1 unspecified atom stereocenters. The predicted octanol–water partition coefficient (Wildman–Crippen LogP) is 0.0621. The monoisotopic (exact) mass is 318 g/mol. The molecule has 1 aromatic carbocycles. The lowest BCUT2D eigenvalue weighted by Crippen LogP contribution is -2.47.